The fourth-order valence-electron chi connectivity index (χ4n) is 2.92. The van der Waals surface area contributed by atoms with Gasteiger partial charge in [-0.25, -0.2) is 9.97 Å². The molecule has 0 spiro atoms. The number of anilines is 1. The minimum atomic E-state index is -0.331. The van der Waals surface area contributed by atoms with E-state index < -0.39 is 0 Å². The first-order valence-electron chi connectivity index (χ1n) is 8.39. The van der Waals surface area contributed by atoms with E-state index in [1.165, 1.54) is 21.9 Å². The molecule has 1 amide bonds. The summed E-state index contributed by atoms with van der Waals surface area (Å²) in [6.45, 7) is 3.99. The summed E-state index contributed by atoms with van der Waals surface area (Å²) in [6.07, 6.45) is 0. The number of thiazole rings is 1. The van der Waals surface area contributed by atoms with Crippen LogP contribution in [-0.2, 0) is 6.54 Å². The third-order valence-corrected chi connectivity index (χ3v) is 4.96. The van der Waals surface area contributed by atoms with E-state index >= 15 is 0 Å². The molecule has 4 aromatic rings. The molecular formula is C19H17N5O2S. The molecule has 0 radical (unpaired) electrons. The smallest absolute Gasteiger partial charge is 0.275 e. The lowest BCUT2D eigenvalue weighted by Gasteiger charge is -2.11. The van der Waals surface area contributed by atoms with Crippen LogP contribution in [0.3, 0.4) is 0 Å². The van der Waals surface area contributed by atoms with Crippen molar-refractivity contribution in [2.45, 2.75) is 20.4 Å². The van der Waals surface area contributed by atoms with Crippen molar-refractivity contribution in [1.29, 1.82) is 0 Å². The minimum absolute atomic E-state index is 0.224. The molecular weight excluding hydrogens is 362 g/mol. The van der Waals surface area contributed by atoms with E-state index in [9.17, 15) is 9.59 Å². The van der Waals surface area contributed by atoms with Crippen LogP contribution in [0.5, 0.6) is 0 Å². The quantitative estimate of drug-likeness (QED) is 0.591. The average Bonchev–Trinajstić information content (AvgIpc) is 3.19. The summed E-state index contributed by atoms with van der Waals surface area (Å²) in [7, 11) is 0. The van der Waals surface area contributed by atoms with Gasteiger partial charge in [0.2, 0.25) is 0 Å². The molecule has 0 saturated carbocycles. The molecule has 136 valence electrons. The standard InChI is InChI=1S/C19H17N5O2S/c1-12-8-17(25)24-16(20-12)9-15(18(26)22-19-21-13(2)11-27-19)23(24)10-14-6-4-3-5-7-14/h3-9,11H,10H2,1-2H3,(H,21,22,26). The monoisotopic (exact) mass is 379 g/mol. The highest BCUT2D eigenvalue weighted by Crippen LogP contribution is 2.17. The molecule has 0 unspecified atom stereocenters. The zero-order valence-corrected chi connectivity index (χ0v) is 15.7. The molecule has 4 rings (SSSR count). The lowest BCUT2D eigenvalue weighted by molar-refractivity contribution is 0.101. The summed E-state index contributed by atoms with van der Waals surface area (Å²) in [5.74, 6) is -0.331. The van der Waals surface area contributed by atoms with Gasteiger partial charge in [-0.05, 0) is 19.4 Å². The molecule has 7 nitrogen and oxygen atoms in total. The number of carbonyl (C=O) groups excluding carboxylic acids is 1. The van der Waals surface area contributed by atoms with Gasteiger partial charge in [-0.2, -0.15) is 4.52 Å². The first-order chi connectivity index (χ1) is 13.0. The number of carbonyl (C=O) groups is 1. The summed E-state index contributed by atoms with van der Waals surface area (Å²) >= 11 is 1.36. The van der Waals surface area contributed by atoms with E-state index in [0.29, 0.717) is 28.7 Å². The number of amides is 1. The Hall–Kier alpha value is -3.26. The van der Waals surface area contributed by atoms with Crippen LogP contribution in [0.1, 0.15) is 27.4 Å². The molecule has 0 atom stereocenters. The largest absolute Gasteiger partial charge is 0.296 e. The van der Waals surface area contributed by atoms with Gasteiger partial charge in [0.1, 0.15) is 5.69 Å². The second kappa shape index (κ2) is 6.81. The molecule has 0 bridgehead atoms. The topological polar surface area (TPSA) is 81.3 Å². The van der Waals surface area contributed by atoms with E-state index in [2.05, 4.69) is 15.3 Å². The van der Waals surface area contributed by atoms with Crippen LogP contribution in [0.15, 0.2) is 52.6 Å². The van der Waals surface area contributed by atoms with Gasteiger partial charge in [-0.3, -0.25) is 19.6 Å². The van der Waals surface area contributed by atoms with Gasteiger partial charge in [0, 0.05) is 23.2 Å². The van der Waals surface area contributed by atoms with Crippen molar-refractivity contribution in [3.63, 3.8) is 0 Å². The zero-order chi connectivity index (χ0) is 19.0. The number of rotatable bonds is 4. The zero-order valence-electron chi connectivity index (χ0n) is 14.8. The molecule has 0 fully saturated rings. The van der Waals surface area contributed by atoms with Crippen molar-refractivity contribution < 1.29 is 4.79 Å². The predicted molar refractivity (Wildman–Crippen MR) is 105 cm³/mol. The number of aryl methyl sites for hydroxylation is 2. The Morgan fingerprint density at radius 2 is 1.89 bits per heavy atom. The van der Waals surface area contributed by atoms with E-state index in [-0.39, 0.29) is 11.5 Å². The van der Waals surface area contributed by atoms with Crippen LogP contribution in [0, 0.1) is 13.8 Å². The fourth-order valence-corrected chi connectivity index (χ4v) is 3.60. The molecule has 27 heavy (non-hydrogen) atoms. The van der Waals surface area contributed by atoms with E-state index in [1.807, 2.05) is 42.6 Å². The summed E-state index contributed by atoms with van der Waals surface area (Å²) in [5, 5.41) is 5.19. The third-order valence-electron chi connectivity index (χ3n) is 4.08. The normalized spacial score (nSPS) is 11.0. The Labute approximate surface area is 158 Å². The highest BCUT2D eigenvalue weighted by molar-refractivity contribution is 7.13. The molecule has 8 heteroatoms. The maximum absolute atomic E-state index is 12.9. The lowest BCUT2D eigenvalue weighted by Crippen LogP contribution is -2.25. The van der Waals surface area contributed by atoms with Crippen LogP contribution < -0.4 is 10.9 Å². The maximum atomic E-state index is 12.9. The minimum Gasteiger partial charge on any atom is -0.296 e. The van der Waals surface area contributed by atoms with Gasteiger partial charge >= 0.3 is 0 Å². The lowest BCUT2D eigenvalue weighted by atomic mass is 10.2. The van der Waals surface area contributed by atoms with E-state index in [4.69, 9.17) is 0 Å². The van der Waals surface area contributed by atoms with Gasteiger partial charge in [0.25, 0.3) is 11.5 Å². The number of nitrogens with zero attached hydrogens (tertiary/aromatic N) is 4. The fraction of sp³-hybridized carbons (Fsp3) is 0.158. The van der Waals surface area contributed by atoms with Crippen LogP contribution in [0.4, 0.5) is 5.13 Å². The average molecular weight is 379 g/mol. The van der Waals surface area contributed by atoms with Gasteiger partial charge < -0.3 is 0 Å². The van der Waals surface area contributed by atoms with Crippen molar-refractivity contribution in [1.82, 2.24) is 19.2 Å². The second-order valence-electron chi connectivity index (χ2n) is 6.23. The molecule has 0 aliphatic heterocycles. The van der Waals surface area contributed by atoms with Crippen LogP contribution >= 0.6 is 11.3 Å². The Morgan fingerprint density at radius 3 is 2.59 bits per heavy atom. The highest BCUT2D eigenvalue weighted by Gasteiger charge is 2.19. The molecule has 3 aromatic heterocycles. The molecule has 3 heterocycles. The first-order valence-corrected chi connectivity index (χ1v) is 9.27. The molecule has 0 aliphatic rings. The molecule has 1 N–H and O–H groups in total. The van der Waals surface area contributed by atoms with Gasteiger partial charge in [-0.15, -0.1) is 11.3 Å². The number of fused-ring (bicyclic) bond motifs is 1. The summed E-state index contributed by atoms with van der Waals surface area (Å²) < 4.78 is 3.08. The SMILES string of the molecule is Cc1csc(NC(=O)c2cc3nc(C)cc(=O)n3n2Cc2ccccc2)n1. The summed E-state index contributed by atoms with van der Waals surface area (Å²) in [6, 6.07) is 12.8. The van der Waals surface area contributed by atoms with Crippen molar-refractivity contribution in [3.8, 4) is 0 Å². The van der Waals surface area contributed by atoms with E-state index in [0.717, 1.165) is 11.3 Å². The molecule has 1 aromatic carbocycles. The second-order valence-corrected chi connectivity index (χ2v) is 7.08. The van der Waals surface area contributed by atoms with Crippen molar-refractivity contribution in [3.05, 3.63) is 80.8 Å². The summed E-state index contributed by atoms with van der Waals surface area (Å²) in [4.78, 5) is 34.1. The molecule has 0 saturated heterocycles. The van der Waals surface area contributed by atoms with E-state index in [1.54, 1.807) is 17.7 Å². The van der Waals surface area contributed by atoms with Gasteiger partial charge in [0.15, 0.2) is 10.8 Å². The van der Waals surface area contributed by atoms with Crippen LogP contribution in [0.2, 0.25) is 0 Å². The third kappa shape index (κ3) is 3.39. The molecule has 0 aliphatic carbocycles. The summed E-state index contributed by atoms with van der Waals surface area (Å²) in [5.41, 5.74) is 2.99. The maximum Gasteiger partial charge on any atom is 0.275 e. The number of hydrogen-bond donors (Lipinski definition) is 1. The van der Waals surface area contributed by atoms with Crippen LogP contribution in [0.25, 0.3) is 5.65 Å². The van der Waals surface area contributed by atoms with Gasteiger partial charge in [0.05, 0.1) is 12.2 Å². The number of nitrogens with one attached hydrogen (secondary N) is 1. The number of hydrogen-bond acceptors (Lipinski definition) is 5. The highest BCUT2D eigenvalue weighted by atomic mass is 32.1. The Balaban J connectivity index is 1.83. The Kier molecular flexibility index (Phi) is 4.33. The number of benzene rings is 1. The van der Waals surface area contributed by atoms with Crippen molar-refractivity contribution >= 4 is 28.0 Å². The van der Waals surface area contributed by atoms with Crippen molar-refractivity contribution in [2.24, 2.45) is 0 Å². The number of aromatic nitrogens is 4. The van der Waals surface area contributed by atoms with Crippen molar-refractivity contribution in [2.75, 3.05) is 5.32 Å². The first kappa shape index (κ1) is 17.2. The predicted octanol–water partition coefficient (Wildman–Crippen LogP) is 2.87. The Morgan fingerprint density at radius 1 is 1.11 bits per heavy atom. The Bertz CT molecular complexity index is 1190. The van der Waals surface area contributed by atoms with Crippen LogP contribution in [-0.4, -0.2) is 25.1 Å². The van der Waals surface area contributed by atoms with Gasteiger partial charge in [-0.1, -0.05) is 30.3 Å².